The van der Waals surface area contributed by atoms with Gasteiger partial charge in [-0.25, -0.2) is 0 Å². The number of nitrogens with zero attached hydrogens (tertiary/aromatic N) is 1. The molecule has 3 unspecified atom stereocenters. The molecule has 3 heterocycles. The number of carbonyl (C=O) groups excluding carboxylic acids is 3. The maximum atomic E-state index is 13.6. The zero-order valence-electron chi connectivity index (χ0n) is 17.5. The van der Waals surface area contributed by atoms with E-state index in [4.69, 9.17) is 16.3 Å². The van der Waals surface area contributed by atoms with Crippen molar-refractivity contribution in [3.05, 3.63) is 58.6 Å². The molecule has 0 bridgehead atoms. The van der Waals surface area contributed by atoms with Crippen molar-refractivity contribution in [2.24, 2.45) is 11.8 Å². The second-order valence-electron chi connectivity index (χ2n) is 8.45. The van der Waals surface area contributed by atoms with Crippen LogP contribution in [0.25, 0.3) is 0 Å². The van der Waals surface area contributed by atoms with Gasteiger partial charge in [0.25, 0.3) is 0 Å². The number of para-hydroxylation sites is 1. The Morgan fingerprint density at radius 1 is 1.16 bits per heavy atom. The summed E-state index contributed by atoms with van der Waals surface area (Å²) in [5.41, 5.74) is 0.210. The molecule has 5 rings (SSSR count). The molecule has 3 aliphatic heterocycles. The van der Waals surface area contributed by atoms with Crippen molar-refractivity contribution in [1.29, 1.82) is 0 Å². The van der Waals surface area contributed by atoms with Crippen molar-refractivity contribution >= 4 is 35.0 Å². The van der Waals surface area contributed by atoms with Crippen molar-refractivity contribution in [2.45, 2.75) is 31.2 Å². The molecule has 0 saturated carbocycles. The molecule has 32 heavy (non-hydrogen) atoms. The highest BCUT2D eigenvalue weighted by Gasteiger charge is 2.71. The average molecular weight is 456 g/mol. The largest absolute Gasteiger partial charge is 0.497 e. The fraction of sp³-hybridized carbons (Fsp3) is 0.348. The van der Waals surface area contributed by atoms with Gasteiger partial charge in [0.2, 0.25) is 17.7 Å². The Morgan fingerprint density at radius 3 is 2.53 bits per heavy atom. The monoisotopic (exact) mass is 455 g/mol. The van der Waals surface area contributed by atoms with E-state index in [9.17, 15) is 19.5 Å². The molecule has 8 nitrogen and oxygen atoms in total. The quantitative estimate of drug-likeness (QED) is 0.605. The normalized spacial score (nSPS) is 29.3. The summed E-state index contributed by atoms with van der Waals surface area (Å²) in [6.45, 7) is 1.62. The predicted molar refractivity (Wildman–Crippen MR) is 116 cm³/mol. The number of hydrogen-bond acceptors (Lipinski definition) is 6. The number of rotatable bonds is 4. The zero-order chi connectivity index (χ0) is 22.8. The van der Waals surface area contributed by atoms with Gasteiger partial charge in [0.1, 0.15) is 11.3 Å². The van der Waals surface area contributed by atoms with E-state index in [1.54, 1.807) is 56.5 Å². The van der Waals surface area contributed by atoms with E-state index in [1.807, 2.05) is 0 Å². The molecule has 1 spiro atoms. The summed E-state index contributed by atoms with van der Waals surface area (Å²) in [5.74, 6) is -2.52. The van der Waals surface area contributed by atoms with Gasteiger partial charge in [0, 0.05) is 11.6 Å². The summed E-state index contributed by atoms with van der Waals surface area (Å²) in [6.07, 6.45) is -0.962. The summed E-state index contributed by atoms with van der Waals surface area (Å²) in [4.78, 5) is 41.6. The van der Waals surface area contributed by atoms with Gasteiger partial charge in [0.05, 0.1) is 42.3 Å². The molecule has 3 aliphatic rings. The summed E-state index contributed by atoms with van der Waals surface area (Å²) in [7, 11) is 1.56. The van der Waals surface area contributed by atoms with Crippen molar-refractivity contribution in [3.63, 3.8) is 0 Å². The molecule has 2 fully saturated rings. The minimum absolute atomic E-state index is 0.0707. The number of benzene rings is 2. The summed E-state index contributed by atoms with van der Waals surface area (Å²) in [6, 6.07) is 11.4. The average Bonchev–Trinajstić information content (AvgIpc) is 3.36. The van der Waals surface area contributed by atoms with Crippen LogP contribution in [0, 0.1) is 11.8 Å². The van der Waals surface area contributed by atoms with Crippen LogP contribution >= 0.6 is 11.6 Å². The number of nitrogens with one attached hydrogen (secondary N) is 2. The van der Waals surface area contributed by atoms with Gasteiger partial charge in [-0.3, -0.25) is 24.6 Å². The summed E-state index contributed by atoms with van der Waals surface area (Å²) >= 11 is 6.30. The number of likely N-dealkylation sites (tertiary alicyclic amines) is 1. The van der Waals surface area contributed by atoms with Crippen LogP contribution in [-0.4, -0.2) is 47.0 Å². The number of hydrogen-bond donors (Lipinski definition) is 3. The minimum Gasteiger partial charge on any atom is -0.497 e. The first-order chi connectivity index (χ1) is 15.3. The van der Waals surface area contributed by atoms with Crippen molar-refractivity contribution in [3.8, 4) is 5.75 Å². The van der Waals surface area contributed by atoms with Crippen LogP contribution in [0.2, 0.25) is 5.02 Å². The number of aliphatic hydroxyl groups is 1. The van der Waals surface area contributed by atoms with Crippen molar-refractivity contribution in [1.82, 2.24) is 10.2 Å². The van der Waals surface area contributed by atoms with Crippen LogP contribution in [0.1, 0.15) is 18.1 Å². The maximum absolute atomic E-state index is 13.6. The Bertz CT molecular complexity index is 1130. The number of carbonyl (C=O) groups is 3. The third-order valence-electron chi connectivity index (χ3n) is 6.74. The number of imide groups is 1. The topological polar surface area (TPSA) is 108 Å². The van der Waals surface area contributed by atoms with Gasteiger partial charge < -0.3 is 15.2 Å². The Labute approximate surface area is 189 Å². The van der Waals surface area contributed by atoms with E-state index >= 15 is 0 Å². The van der Waals surface area contributed by atoms with E-state index in [0.717, 1.165) is 5.56 Å². The highest BCUT2D eigenvalue weighted by atomic mass is 35.5. The number of aliphatic hydroxyl groups excluding tert-OH is 1. The fourth-order valence-corrected chi connectivity index (χ4v) is 5.49. The third-order valence-corrected chi connectivity index (χ3v) is 7.06. The Hall–Kier alpha value is -2.94. The molecule has 5 atom stereocenters. The zero-order valence-corrected chi connectivity index (χ0v) is 18.2. The first-order valence-electron chi connectivity index (χ1n) is 10.3. The van der Waals surface area contributed by atoms with Crippen LogP contribution < -0.4 is 15.4 Å². The number of fused-ring (bicyclic) bond motifs is 4. The first-order valence-corrected chi connectivity index (χ1v) is 10.7. The Kier molecular flexibility index (Phi) is 4.77. The van der Waals surface area contributed by atoms with Crippen LogP contribution in [0.15, 0.2) is 42.5 Å². The molecule has 0 aliphatic carbocycles. The molecule has 2 saturated heterocycles. The molecule has 0 radical (unpaired) electrons. The smallest absolute Gasteiger partial charge is 0.250 e. The molecule has 2 aromatic rings. The maximum Gasteiger partial charge on any atom is 0.250 e. The van der Waals surface area contributed by atoms with Crippen molar-refractivity contribution in [2.75, 3.05) is 12.4 Å². The van der Waals surface area contributed by atoms with Crippen LogP contribution in [0.4, 0.5) is 5.69 Å². The molecule has 0 aromatic heterocycles. The van der Waals surface area contributed by atoms with Crippen LogP contribution in [0.5, 0.6) is 5.75 Å². The standard InChI is InChI=1S/C23H22ClN3O5/c1-11(28)18-16-17(23(26-18)14-4-3-5-15(24)19(14)25-22(23)31)21(30)27(20(16)29)10-12-6-8-13(32-2)9-7-12/h3-9,11,16-18,26,28H,10H2,1-2H3,(H,25,31)/t11?,16-,17-,18?,23?/m0/s1. The van der Waals surface area contributed by atoms with E-state index in [-0.39, 0.29) is 6.54 Å². The fourth-order valence-electron chi connectivity index (χ4n) is 5.27. The summed E-state index contributed by atoms with van der Waals surface area (Å²) < 4.78 is 5.16. The lowest BCUT2D eigenvalue weighted by molar-refractivity contribution is -0.143. The Balaban J connectivity index is 1.58. The second kappa shape index (κ2) is 7.30. The number of amides is 3. The van der Waals surface area contributed by atoms with Gasteiger partial charge in [-0.05, 0) is 30.7 Å². The van der Waals surface area contributed by atoms with Crippen LogP contribution in [-0.2, 0) is 26.5 Å². The third kappa shape index (κ3) is 2.73. The molecular weight excluding hydrogens is 434 g/mol. The number of methoxy groups -OCH3 is 1. The lowest BCUT2D eigenvalue weighted by Gasteiger charge is -2.30. The lowest BCUT2D eigenvalue weighted by Crippen LogP contribution is -2.54. The molecule has 166 valence electrons. The van der Waals surface area contributed by atoms with Gasteiger partial charge in [-0.1, -0.05) is 35.9 Å². The lowest BCUT2D eigenvalue weighted by atomic mass is 9.76. The molecule has 2 aromatic carbocycles. The van der Waals surface area contributed by atoms with Crippen molar-refractivity contribution < 1.29 is 24.2 Å². The van der Waals surface area contributed by atoms with Gasteiger partial charge in [-0.2, -0.15) is 0 Å². The first kappa shape index (κ1) is 20.9. The highest BCUT2D eigenvalue weighted by molar-refractivity contribution is 6.35. The summed E-state index contributed by atoms with van der Waals surface area (Å²) in [5, 5.41) is 16.7. The molecule has 9 heteroatoms. The van der Waals surface area contributed by atoms with E-state index in [0.29, 0.717) is 22.0 Å². The second-order valence-corrected chi connectivity index (χ2v) is 8.86. The number of anilines is 1. The molecule has 3 N–H and O–H groups in total. The van der Waals surface area contributed by atoms with E-state index < -0.39 is 47.2 Å². The highest BCUT2D eigenvalue weighted by Crippen LogP contribution is 2.54. The Morgan fingerprint density at radius 2 is 1.88 bits per heavy atom. The number of ether oxygens (including phenoxy) is 1. The SMILES string of the molecule is COc1ccc(CN2C(=O)[C@@H]3C(C(C)O)NC4(C(=O)Nc5c(Cl)cccc54)[C@@H]3C2=O)cc1. The van der Waals surface area contributed by atoms with E-state index in [1.165, 1.54) is 4.90 Å². The van der Waals surface area contributed by atoms with Crippen LogP contribution in [0.3, 0.4) is 0 Å². The molecular formula is C23H22ClN3O5. The van der Waals surface area contributed by atoms with Gasteiger partial charge in [0.15, 0.2) is 0 Å². The van der Waals surface area contributed by atoms with Gasteiger partial charge >= 0.3 is 0 Å². The van der Waals surface area contributed by atoms with E-state index in [2.05, 4.69) is 10.6 Å². The minimum atomic E-state index is -1.48. The number of halogens is 1. The predicted octanol–water partition coefficient (Wildman–Crippen LogP) is 1.65. The van der Waals surface area contributed by atoms with Gasteiger partial charge in [-0.15, -0.1) is 0 Å². The molecule has 3 amide bonds.